The molecule has 2 aromatic rings. The Morgan fingerprint density at radius 3 is 2.89 bits per heavy atom. The molecule has 19 heavy (non-hydrogen) atoms. The Kier molecular flexibility index (Phi) is 4.67. The van der Waals surface area contributed by atoms with E-state index in [1.165, 1.54) is 18.1 Å². The first-order valence-corrected chi connectivity index (χ1v) is 7.59. The van der Waals surface area contributed by atoms with Crippen molar-refractivity contribution in [3.8, 4) is 0 Å². The van der Waals surface area contributed by atoms with Gasteiger partial charge in [-0.3, -0.25) is 15.6 Å². The van der Waals surface area contributed by atoms with Crippen LogP contribution in [0.15, 0.2) is 29.0 Å². The van der Waals surface area contributed by atoms with Crippen molar-refractivity contribution in [1.29, 1.82) is 0 Å². The molecule has 1 amide bonds. The Hall–Kier alpha value is -1.25. The monoisotopic (exact) mass is 356 g/mol. The normalized spacial score (nSPS) is 10.2. The Bertz CT molecular complexity index is 650. The number of carbonyl (C=O) groups excluding carboxylic acids is 1. The Balaban J connectivity index is 2.31. The van der Waals surface area contributed by atoms with Gasteiger partial charge in [-0.1, -0.05) is 39.9 Å². The molecule has 0 spiro atoms. The van der Waals surface area contributed by atoms with Gasteiger partial charge in [0.05, 0.1) is 5.52 Å². The van der Waals surface area contributed by atoms with E-state index in [-0.39, 0.29) is 5.91 Å². The minimum atomic E-state index is -0.359. The zero-order valence-corrected chi connectivity index (χ0v) is 13.0. The lowest BCUT2D eigenvalue weighted by Crippen LogP contribution is -2.39. The van der Waals surface area contributed by atoms with E-state index in [1.54, 1.807) is 6.07 Å². The quantitative estimate of drug-likeness (QED) is 0.603. The largest absolute Gasteiger partial charge is 0.288 e. The summed E-state index contributed by atoms with van der Waals surface area (Å²) in [7, 11) is 0. The first-order chi connectivity index (χ1) is 9.11. The smallest absolute Gasteiger partial charge is 0.283 e. The zero-order valence-electron chi connectivity index (χ0n) is 9.81. The molecular formula is C11H9BrN4OS2. The van der Waals surface area contributed by atoms with Crippen molar-refractivity contribution in [3.05, 3.63) is 34.7 Å². The van der Waals surface area contributed by atoms with Gasteiger partial charge in [-0.15, -0.1) is 0 Å². The van der Waals surface area contributed by atoms with Crippen molar-refractivity contribution >= 4 is 61.0 Å². The first-order valence-electron chi connectivity index (χ1n) is 5.16. The average molecular weight is 357 g/mol. The number of amides is 1. The number of carbonyl (C=O) groups is 1. The zero-order chi connectivity index (χ0) is 13.8. The van der Waals surface area contributed by atoms with Gasteiger partial charge in [-0.05, 0) is 24.5 Å². The summed E-state index contributed by atoms with van der Waals surface area (Å²) in [4.78, 5) is 20.2. The molecule has 2 N–H and O–H groups in total. The molecule has 0 radical (unpaired) electrons. The Labute approximate surface area is 127 Å². The molecule has 0 saturated heterocycles. The summed E-state index contributed by atoms with van der Waals surface area (Å²) >= 11 is 9.63. The second-order valence-electron chi connectivity index (χ2n) is 3.45. The van der Waals surface area contributed by atoms with Gasteiger partial charge in [0.25, 0.3) is 5.91 Å². The number of aromatic nitrogens is 2. The van der Waals surface area contributed by atoms with Crippen LogP contribution in [0, 0.1) is 0 Å². The van der Waals surface area contributed by atoms with Gasteiger partial charge in [0.2, 0.25) is 0 Å². The lowest BCUT2D eigenvalue weighted by atomic mass is 10.2. The number of nitrogens with zero attached hydrogens (tertiary/aromatic N) is 2. The summed E-state index contributed by atoms with van der Waals surface area (Å²) in [5, 5.41) is 0.672. The molecule has 0 unspecified atom stereocenters. The lowest BCUT2D eigenvalue weighted by Gasteiger charge is -2.08. The summed E-state index contributed by atoms with van der Waals surface area (Å²) < 4.78 is 1.34. The number of thiocarbonyl (C=S) groups is 1. The third-order valence-corrected chi connectivity index (χ3v) is 3.84. The van der Waals surface area contributed by atoms with E-state index in [1.807, 2.05) is 18.4 Å². The van der Waals surface area contributed by atoms with E-state index in [4.69, 9.17) is 12.2 Å². The van der Waals surface area contributed by atoms with Crippen molar-refractivity contribution in [3.63, 3.8) is 0 Å². The van der Waals surface area contributed by atoms with E-state index < -0.39 is 0 Å². The topological polar surface area (TPSA) is 66.9 Å². The highest BCUT2D eigenvalue weighted by molar-refractivity contribution is 9.10. The third kappa shape index (κ3) is 3.40. The summed E-state index contributed by atoms with van der Waals surface area (Å²) in [5.74, 6) is -0.359. The fraction of sp³-hybridized carbons (Fsp3) is 0.0909. The molecule has 0 aliphatic heterocycles. The van der Waals surface area contributed by atoms with Gasteiger partial charge in [0, 0.05) is 9.86 Å². The van der Waals surface area contributed by atoms with Crippen molar-refractivity contribution in [1.82, 2.24) is 20.8 Å². The number of hydrogen-bond acceptors (Lipinski definition) is 5. The second kappa shape index (κ2) is 6.27. The van der Waals surface area contributed by atoms with Crippen LogP contribution in [0.5, 0.6) is 0 Å². The van der Waals surface area contributed by atoms with E-state index in [0.29, 0.717) is 20.9 Å². The molecule has 0 saturated carbocycles. The van der Waals surface area contributed by atoms with E-state index >= 15 is 0 Å². The highest BCUT2D eigenvalue weighted by atomic mass is 79.9. The Morgan fingerprint density at radius 1 is 1.37 bits per heavy atom. The number of hydrogen-bond donors (Lipinski definition) is 2. The van der Waals surface area contributed by atoms with Crippen LogP contribution in [0.4, 0.5) is 0 Å². The number of rotatable bonds is 1. The van der Waals surface area contributed by atoms with Gasteiger partial charge in [0.1, 0.15) is 12.0 Å². The van der Waals surface area contributed by atoms with Crippen molar-refractivity contribution in [2.75, 3.05) is 6.26 Å². The van der Waals surface area contributed by atoms with E-state index in [9.17, 15) is 4.79 Å². The van der Waals surface area contributed by atoms with E-state index in [2.05, 4.69) is 36.7 Å². The summed E-state index contributed by atoms with van der Waals surface area (Å²) in [6, 6.07) is 5.48. The second-order valence-corrected chi connectivity index (χ2v) is 5.85. The van der Waals surface area contributed by atoms with Crippen molar-refractivity contribution in [2.45, 2.75) is 0 Å². The van der Waals surface area contributed by atoms with Crippen molar-refractivity contribution < 1.29 is 4.79 Å². The molecule has 5 nitrogen and oxygen atoms in total. The first kappa shape index (κ1) is 14.2. The molecule has 2 rings (SSSR count). The molecule has 0 atom stereocenters. The number of hydrazine groups is 1. The number of benzene rings is 1. The lowest BCUT2D eigenvalue weighted by molar-refractivity contribution is 0.0941. The molecule has 0 bridgehead atoms. The number of fused-ring (bicyclic) bond motifs is 1. The van der Waals surface area contributed by atoms with Gasteiger partial charge >= 0.3 is 0 Å². The maximum Gasteiger partial charge on any atom is 0.288 e. The summed E-state index contributed by atoms with van der Waals surface area (Å²) in [6.45, 7) is 0. The highest BCUT2D eigenvalue weighted by Crippen LogP contribution is 2.20. The highest BCUT2D eigenvalue weighted by Gasteiger charge is 2.12. The number of thioether (sulfide) groups is 1. The fourth-order valence-electron chi connectivity index (χ4n) is 1.43. The molecule has 98 valence electrons. The SMILES string of the molecule is CSC(=S)NNC(=O)c1ncnc2ccc(Br)cc12. The van der Waals surface area contributed by atoms with Gasteiger partial charge < -0.3 is 0 Å². The predicted octanol–water partition coefficient (Wildman–Crippen LogP) is 2.27. The average Bonchev–Trinajstić information content (AvgIpc) is 2.43. The van der Waals surface area contributed by atoms with Crippen LogP contribution in [0.25, 0.3) is 10.9 Å². The third-order valence-electron chi connectivity index (χ3n) is 2.28. The molecule has 1 heterocycles. The fourth-order valence-corrected chi connectivity index (χ4v) is 1.99. The number of nitrogens with one attached hydrogen (secondary N) is 2. The molecule has 8 heteroatoms. The van der Waals surface area contributed by atoms with Crippen molar-refractivity contribution in [2.24, 2.45) is 0 Å². The van der Waals surface area contributed by atoms with Crippen LogP contribution in [0.2, 0.25) is 0 Å². The minimum Gasteiger partial charge on any atom is -0.283 e. The molecule has 0 aliphatic carbocycles. The van der Waals surface area contributed by atoms with Crippen LogP contribution in [0.1, 0.15) is 10.5 Å². The van der Waals surface area contributed by atoms with Gasteiger partial charge in [-0.25, -0.2) is 9.97 Å². The van der Waals surface area contributed by atoms with Gasteiger partial charge in [0.15, 0.2) is 4.32 Å². The Morgan fingerprint density at radius 2 is 2.16 bits per heavy atom. The molecule has 0 fully saturated rings. The maximum atomic E-state index is 12.0. The minimum absolute atomic E-state index is 0.294. The summed E-state index contributed by atoms with van der Waals surface area (Å²) in [6.07, 6.45) is 3.18. The van der Waals surface area contributed by atoms with Gasteiger partial charge in [-0.2, -0.15) is 0 Å². The van der Waals surface area contributed by atoms with E-state index in [0.717, 1.165) is 4.47 Å². The standard InChI is InChI=1S/C11H9BrN4OS2/c1-19-11(18)16-15-10(17)9-7-4-6(12)2-3-8(7)13-5-14-9/h2-5H,1H3,(H,15,17)(H,16,18). The predicted molar refractivity (Wildman–Crippen MR) is 84.0 cm³/mol. The number of halogens is 1. The maximum absolute atomic E-state index is 12.0. The molecule has 1 aromatic carbocycles. The molecular weight excluding hydrogens is 348 g/mol. The van der Waals surface area contributed by atoms with Crippen LogP contribution < -0.4 is 10.9 Å². The van der Waals surface area contributed by atoms with Crippen LogP contribution >= 0.6 is 39.9 Å². The molecule has 0 aliphatic rings. The van der Waals surface area contributed by atoms with Crippen LogP contribution in [-0.4, -0.2) is 26.5 Å². The van der Waals surface area contributed by atoms with Crippen LogP contribution in [0.3, 0.4) is 0 Å². The summed E-state index contributed by atoms with van der Waals surface area (Å²) in [5.41, 5.74) is 6.14. The van der Waals surface area contributed by atoms with Crippen LogP contribution in [-0.2, 0) is 0 Å². The molecule has 1 aromatic heterocycles.